The van der Waals surface area contributed by atoms with Gasteiger partial charge in [-0.05, 0) is 24.6 Å². The van der Waals surface area contributed by atoms with Crippen molar-refractivity contribution in [2.45, 2.75) is 19.6 Å². The second kappa shape index (κ2) is 5.55. The minimum absolute atomic E-state index is 0.188. The molecule has 0 aliphatic rings. The first kappa shape index (κ1) is 12.4. The Balaban J connectivity index is 1.85. The fourth-order valence-electron chi connectivity index (χ4n) is 1.63. The Morgan fingerprint density at radius 1 is 1.44 bits per heavy atom. The largest absolute Gasteiger partial charge is 0.489 e. The number of nitrogen functional groups attached to an aromatic ring is 1. The zero-order valence-electron chi connectivity index (χ0n) is 10.3. The number of nitrogens with zero attached hydrogens (tertiary/aromatic N) is 2. The second-order valence-corrected chi connectivity index (χ2v) is 4.24. The number of aryl methyl sites for hydroxylation is 1. The lowest BCUT2D eigenvalue weighted by Crippen LogP contribution is -2.24. The summed E-state index contributed by atoms with van der Waals surface area (Å²) < 4.78 is 7.15. The molecule has 5 nitrogen and oxygen atoms in total. The van der Waals surface area contributed by atoms with Gasteiger partial charge in [0, 0.05) is 6.20 Å². The summed E-state index contributed by atoms with van der Waals surface area (Å²) in [7, 11) is 0. The summed E-state index contributed by atoms with van der Waals surface area (Å²) in [4.78, 5) is 0. The van der Waals surface area contributed by atoms with Crippen LogP contribution in [0, 0.1) is 6.92 Å². The summed E-state index contributed by atoms with van der Waals surface area (Å²) in [5.41, 5.74) is 7.37. The normalized spacial score (nSPS) is 12.3. The van der Waals surface area contributed by atoms with Crippen molar-refractivity contribution in [3.8, 4) is 5.75 Å². The van der Waals surface area contributed by atoms with E-state index in [1.807, 2.05) is 25.3 Å². The number of aliphatic hydroxyl groups excluding tert-OH is 1. The minimum atomic E-state index is -0.621. The molecule has 0 spiro atoms. The molecule has 5 heteroatoms. The number of anilines is 1. The standard InChI is InChI=1S/C13H17N3O2/c1-10-6-15-16(7-10)8-11(17)9-18-13-5-3-2-4-12(13)14/h2-7,11,17H,8-9,14H2,1H3. The zero-order chi connectivity index (χ0) is 13.0. The number of rotatable bonds is 5. The van der Waals surface area contributed by atoms with E-state index in [0.29, 0.717) is 18.0 Å². The van der Waals surface area contributed by atoms with Gasteiger partial charge in [0.25, 0.3) is 0 Å². The van der Waals surface area contributed by atoms with Crippen LogP contribution in [0.15, 0.2) is 36.7 Å². The van der Waals surface area contributed by atoms with E-state index in [-0.39, 0.29) is 6.61 Å². The van der Waals surface area contributed by atoms with Crippen LogP contribution in [0.25, 0.3) is 0 Å². The fourth-order valence-corrected chi connectivity index (χ4v) is 1.63. The van der Waals surface area contributed by atoms with Crippen molar-refractivity contribution in [2.24, 2.45) is 0 Å². The molecule has 1 aromatic heterocycles. The Hall–Kier alpha value is -2.01. The summed E-state index contributed by atoms with van der Waals surface area (Å²) in [5.74, 6) is 0.591. The van der Waals surface area contributed by atoms with Crippen LogP contribution in [0.5, 0.6) is 5.75 Å². The number of aromatic nitrogens is 2. The molecule has 0 bridgehead atoms. The number of hydrogen-bond acceptors (Lipinski definition) is 4. The van der Waals surface area contributed by atoms with Gasteiger partial charge in [-0.25, -0.2) is 0 Å². The third kappa shape index (κ3) is 3.24. The Bertz CT molecular complexity index is 510. The molecule has 0 aliphatic heterocycles. The average molecular weight is 247 g/mol. The third-order valence-corrected chi connectivity index (χ3v) is 2.51. The van der Waals surface area contributed by atoms with Crippen LogP contribution in [0.1, 0.15) is 5.56 Å². The summed E-state index contributed by atoms with van der Waals surface area (Å²) in [5, 5.41) is 13.9. The number of para-hydroxylation sites is 2. The first-order chi connectivity index (χ1) is 8.65. The van der Waals surface area contributed by atoms with Gasteiger partial charge in [0.1, 0.15) is 18.5 Å². The molecule has 1 heterocycles. The molecule has 0 fully saturated rings. The first-order valence-electron chi connectivity index (χ1n) is 5.79. The van der Waals surface area contributed by atoms with Crippen molar-refractivity contribution in [2.75, 3.05) is 12.3 Å². The molecule has 1 aromatic carbocycles. The van der Waals surface area contributed by atoms with Gasteiger partial charge in [0.15, 0.2) is 0 Å². The molecule has 18 heavy (non-hydrogen) atoms. The Morgan fingerprint density at radius 2 is 2.22 bits per heavy atom. The number of benzene rings is 1. The number of aliphatic hydroxyl groups is 1. The first-order valence-corrected chi connectivity index (χ1v) is 5.79. The molecule has 2 aromatic rings. The minimum Gasteiger partial charge on any atom is -0.489 e. The summed E-state index contributed by atoms with van der Waals surface area (Å²) in [6.07, 6.45) is 3.01. The van der Waals surface area contributed by atoms with Gasteiger partial charge in [0.2, 0.25) is 0 Å². The maximum atomic E-state index is 9.84. The molecule has 0 saturated heterocycles. The van der Waals surface area contributed by atoms with Crippen LogP contribution < -0.4 is 10.5 Å². The van der Waals surface area contributed by atoms with E-state index in [2.05, 4.69) is 5.10 Å². The van der Waals surface area contributed by atoms with Gasteiger partial charge in [-0.1, -0.05) is 12.1 Å². The van der Waals surface area contributed by atoms with Crippen molar-refractivity contribution in [3.05, 3.63) is 42.2 Å². The number of nitrogens with two attached hydrogens (primary N) is 1. The van der Waals surface area contributed by atoms with Gasteiger partial charge in [-0.15, -0.1) is 0 Å². The van der Waals surface area contributed by atoms with E-state index in [1.54, 1.807) is 23.0 Å². The predicted octanol–water partition coefficient (Wildman–Crippen LogP) is 1.21. The van der Waals surface area contributed by atoms with Crippen molar-refractivity contribution in [1.29, 1.82) is 0 Å². The summed E-state index contributed by atoms with van der Waals surface area (Å²) >= 11 is 0. The molecule has 0 amide bonds. The highest BCUT2D eigenvalue weighted by Gasteiger charge is 2.08. The molecular weight excluding hydrogens is 230 g/mol. The summed E-state index contributed by atoms with van der Waals surface area (Å²) in [6.45, 7) is 2.55. The highest BCUT2D eigenvalue weighted by molar-refractivity contribution is 5.51. The van der Waals surface area contributed by atoms with Crippen molar-refractivity contribution in [3.63, 3.8) is 0 Å². The van der Waals surface area contributed by atoms with E-state index < -0.39 is 6.10 Å². The highest BCUT2D eigenvalue weighted by Crippen LogP contribution is 2.19. The van der Waals surface area contributed by atoms with E-state index in [4.69, 9.17) is 10.5 Å². The van der Waals surface area contributed by atoms with Crippen LogP contribution >= 0.6 is 0 Å². The highest BCUT2D eigenvalue weighted by atomic mass is 16.5. The van der Waals surface area contributed by atoms with E-state index >= 15 is 0 Å². The lowest BCUT2D eigenvalue weighted by molar-refractivity contribution is 0.0897. The van der Waals surface area contributed by atoms with Crippen LogP contribution in [0.4, 0.5) is 5.69 Å². The zero-order valence-corrected chi connectivity index (χ0v) is 10.3. The van der Waals surface area contributed by atoms with Gasteiger partial charge in [-0.3, -0.25) is 4.68 Å². The van der Waals surface area contributed by atoms with Crippen LogP contribution in [-0.2, 0) is 6.54 Å². The van der Waals surface area contributed by atoms with Crippen LogP contribution in [0.3, 0.4) is 0 Å². The molecule has 3 N–H and O–H groups in total. The Morgan fingerprint density at radius 3 is 2.89 bits per heavy atom. The second-order valence-electron chi connectivity index (χ2n) is 4.24. The third-order valence-electron chi connectivity index (χ3n) is 2.51. The van der Waals surface area contributed by atoms with Gasteiger partial charge >= 0.3 is 0 Å². The Kier molecular flexibility index (Phi) is 3.84. The molecule has 0 aliphatic carbocycles. The molecule has 0 saturated carbocycles. The van der Waals surface area contributed by atoms with E-state index in [9.17, 15) is 5.11 Å². The summed E-state index contributed by atoms with van der Waals surface area (Å²) in [6, 6.07) is 7.22. The Labute approximate surface area is 106 Å². The van der Waals surface area contributed by atoms with Crippen LogP contribution in [-0.4, -0.2) is 27.6 Å². The number of hydrogen-bond donors (Lipinski definition) is 2. The molecular formula is C13H17N3O2. The van der Waals surface area contributed by atoms with Crippen molar-refractivity contribution >= 4 is 5.69 Å². The number of ether oxygens (including phenoxy) is 1. The molecule has 1 atom stereocenters. The van der Waals surface area contributed by atoms with Crippen molar-refractivity contribution in [1.82, 2.24) is 9.78 Å². The van der Waals surface area contributed by atoms with E-state index in [0.717, 1.165) is 5.56 Å². The van der Waals surface area contributed by atoms with E-state index in [1.165, 1.54) is 0 Å². The lowest BCUT2D eigenvalue weighted by Gasteiger charge is -2.13. The van der Waals surface area contributed by atoms with Gasteiger partial charge in [0.05, 0.1) is 18.4 Å². The predicted molar refractivity (Wildman–Crippen MR) is 69.3 cm³/mol. The maximum absolute atomic E-state index is 9.84. The SMILES string of the molecule is Cc1cnn(CC(O)COc2ccccc2N)c1. The fraction of sp³-hybridized carbons (Fsp3) is 0.308. The van der Waals surface area contributed by atoms with Gasteiger partial charge in [-0.2, -0.15) is 5.10 Å². The molecule has 0 radical (unpaired) electrons. The molecule has 2 rings (SSSR count). The van der Waals surface area contributed by atoms with Crippen LogP contribution in [0.2, 0.25) is 0 Å². The van der Waals surface area contributed by atoms with Gasteiger partial charge < -0.3 is 15.6 Å². The molecule has 96 valence electrons. The maximum Gasteiger partial charge on any atom is 0.142 e. The lowest BCUT2D eigenvalue weighted by atomic mass is 10.3. The molecule has 1 unspecified atom stereocenters. The van der Waals surface area contributed by atoms with Crippen molar-refractivity contribution < 1.29 is 9.84 Å². The monoisotopic (exact) mass is 247 g/mol. The topological polar surface area (TPSA) is 73.3 Å². The smallest absolute Gasteiger partial charge is 0.142 e. The quantitative estimate of drug-likeness (QED) is 0.779. The average Bonchev–Trinajstić information content (AvgIpc) is 2.74.